The van der Waals surface area contributed by atoms with E-state index in [1.807, 2.05) is 38.1 Å². The van der Waals surface area contributed by atoms with Crippen molar-refractivity contribution in [2.75, 3.05) is 6.61 Å². The molecule has 0 amide bonds. The SMILES string of the molecule is C=C1Oc2cc(CCCCC)cc(OP3(=O)OCCC(C)O3)c2-c2cc(C)ccc21. The Hall–Kier alpha value is -2.07. The van der Waals surface area contributed by atoms with Crippen molar-refractivity contribution in [1.82, 2.24) is 0 Å². The lowest BCUT2D eigenvalue weighted by molar-refractivity contribution is 0.0609. The molecule has 2 atom stereocenters. The first-order chi connectivity index (χ1) is 14.4. The molecule has 0 radical (unpaired) electrons. The second-order valence-electron chi connectivity index (χ2n) is 8.07. The Morgan fingerprint density at radius 3 is 2.80 bits per heavy atom. The summed E-state index contributed by atoms with van der Waals surface area (Å²) in [6.45, 7) is 10.5. The lowest BCUT2D eigenvalue weighted by Gasteiger charge is -2.30. The normalized spacial score (nSPS) is 22.8. The molecule has 0 saturated carbocycles. The third-order valence-electron chi connectivity index (χ3n) is 5.47. The average Bonchev–Trinajstić information content (AvgIpc) is 2.67. The van der Waals surface area contributed by atoms with Crippen LogP contribution in [0.4, 0.5) is 0 Å². The predicted octanol–water partition coefficient (Wildman–Crippen LogP) is 7.07. The van der Waals surface area contributed by atoms with Crippen LogP contribution in [-0.2, 0) is 20.0 Å². The third-order valence-corrected chi connectivity index (χ3v) is 7.00. The van der Waals surface area contributed by atoms with Crippen molar-refractivity contribution < 1.29 is 22.9 Å². The number of hydrogen-bond donors (Lipinski definition) is 0. The van der Waals surface area contributed by atoms with Crippen molar-refractivity contribution in [1.29, 1.82) is 0 Å². The highest BCUT2D eigenvalue weighted by Gasteiger charge is 2.37. The molecule has 4 rings (SSSR count). The Morgan fingerprint density at radius 1 is 1.20 bits per heavy atom. The molecule has 2 heterocycles. The van der Waals surface area contributed by atoms with Gasteiger partial charge in [0.2, 0.25) is 0 Å². The maximum absolute atomic E-state index is 13.2. The van der Waals surface area contributed by atoms with Crippen molar-refractivity contribution in [2.24, 2.45) is 0 Å². The third kappa shape index (κ3) is 4.34. The number of phosphoric ester groups is 1. The van der Waals surface area contributed by atoms with Gasteiger partial charge in [0.05, 0.1) is 18.3 Å². The summed E-state index contributed by atoms with van der Waals surface area (Å²) in [7, 11) is -3.71. The van der Waals surface area contributed by atoms with E-state index in [1.165, 1.54) is 0 Å². The minimum atomic E-state index is -3.71. The molecule has 2 aliphatic rings. The minimum Gasteiger partial charge on any atom is -0.457 e. The van der Waals surface area contributed by atoms with Crippen LogP contribution in [0.5, 0.6) is 11.5 Å². The van der Waals surface area contributed by atoms with Gasteiger partial charge < -0.3 is 9.26 Å². The summed E-state index contributed by atoms with van der Waals surface area (Å²) >= 11 is 0. The van der Waals surface area contributed by atoms with E-state index in [0.717, 1.165) is 53.5 Å². The number of phosphoric acid groups is 1. The Labute approximate surface area is 178 Å². The minimum absolute atomic E-state index is 0.182. The summed E-state index contributed by atoms with van der Waals surface area (Å²) in [5, 5.41) is 0. The van der Waals surface area contributed by atoms with E-state index in [1.54, 1.807) is 0 Å². The van der Waals surface area contributed by atoms with Gasteiger partial charge in [-0.3, -0.25) is 9.05 Å². The number of fused-ring (bicyclic) bond motifs is 3. The maximum Gasteiger partial charge on any atom is 0.530 e. The zero-order valence-corrected chi connectivity index (χ0v) is 18.8. The van der Waals surface area contributed by atoms with E-state index >= 15 is 0 Å². The van der Waals surface area contributed by atoms with Gasteiger partial charge in [-0.15, -0.1) is 0 Å². The first kappa shape index (κ1) is 21.2. The van der Waals surface area contributed by atoms with Crippen LogP contribution < -0.4 is 9.26 Å². The molecular formula is C24H29O5P. The summed E-state index contributed by atoms with van der Waals surface area (Å²) in [4.78, 5) is 0. The molecule has 0 bridgehead atoms. The quantitative estimate of drug-likeness (QED) is 0.364. The van der Waals surface area contributed by atoms with Gasteiger partial charge in [0.15, 0.2) is 0 Å². The summed E-state index contributed by atoms with van der Waals surface area (Å²) < 4.78 is 36.3. The maximum atomic E-state index is 13.2. The molecule has 6 heteroatoms. The highest BCUT2D eigenvalue weighted by Crippen LogP contribution is 2.57. The van der Waals surface area contributed by atoms with E-state index in [9.17, 15) is 4.57 Å². The molecule has 5 nitrogen and oxygen atoms in total. The van der Waals surface area contributed by atoms with E-state index in [-0.39, 0.29) is 6.10 Å². The summed E-state index contributed by atoms with van der Waals surface area (Å²) in [5.41, 5.74) is 4.79. The summed E-state index contributed by atoms with van der Waals surface area (Å²) in [6.07, 6.45) is 4.74. The molecule has 2 unspecified atom stereocenters. The van der Waals surface area contributed by atoms with Gasteiger partial charge in [0.1, 0.15) is 17.3 Å². The van der Waals surface area contributed by atoms with Crippen LogP contribution in [0.1, 0.15) is 56.2 Å². The summed E-state index contributed by atoms with van der Waals surface area (Å²) in [5.74, 6) is 1.73. The van der Waals surface area contributed by atoms with Crippen LogP contribution >= 0.6 is 7.82 Å². The number of ether oxygens (including phenoxy) is 1. The van der Waals surface area contributed by atoms with Gasteiger partial charge in [0, 0.05) is 11.1 Å². The highest BCUT2D eigenvalue weighted by atomic mass is 31.2. The molecule has 0 aromatic heterocycles. The van der Waals surface area contributed by atoms with Crippen molar-refractivity contribution in [3.8, 4) is 22.6 Å². The van der Waals surface area contributed by atoms with Crippen LogP contribution in [-0.4, -0.2) is 12.7 Å². The van der Waals surface area contributed by atoms with Crippen LogP contribution in [0.25, 0.3) is 16.9 Å². The van der Waals surface area contributed by atoms with Gasteiger partial charge >= 0.3 is 7.82 Å². The zero-order chi connectivity index (χ0) is 21.3. The largest absolute Gasteiger partial charge is 0.530 e. The Kier molecular flexibility index (Phi) is 6.06. The van der Waals surface area contributed by atoms with E-state index in [0.29, 0.717) is 30.3 Å². The molecule has 0 aliphatic carbocycles. The molecule has 0 N–H and O–H groups in total. The van der Waals surface area contributed by atoms with Crippen molar-refractivity contribution in [3.63, 3.8) is 0 Å². The second-order valence-corrected chi connectivity index (χ2v) is 9.62. The van der Waals surface area contributed by atoms with Gasteiger partial charge in [-0.2, -0.15) is 0 Å². The lowest BCUT2D eigenvalue weighted by Crippen LogP contribution is -2.19. The van der Waals surface area contributed by atoms with Gasteiger partial charge in [-0.1, -0.05) is 50.1 Å². The molecule has 2 aromatic carbocycles. The topological polar surface area (TPSA) is 54.0 Å². The first-order valence-electron chi connectivity index (χ1n) is 10.7. The fourth-order valence-corrected chi connectivity index (χ4v) is 5.30. The standard InChI is InChI=1S/C24H29O5P/c1-5-6-7-8-19-14-22-24(21-13-16(2)9-10-20(21)18(4)27-22)23(15-19)29-30(25)26-12-11-17(3)28-30/h9-10,13-15,17H,4-8,11-12H2,1-3H3. The van der Waals surface area contributed by atoms with Crippen molar-refractivity contribution >= 4 is 13.6 Å². The average molecular weight is 428 g/mol. The zero-order valence-electron chi connectivity index (χ0n) is 17.9. The monoisotopic (exact) mass is 428 g/mol. The Morgan fingerprint density at radius 2 is 2.03 bits per heavy atom. The molecule has 2 aliphatic heterocycles. The van der Waals surface area contributed by atoms with E-state index in [2.05, 4.69) is 19.6 Å². The highest BCUT2D eigenvalue weighted by molar-refractivity contribution is 7.49. The number of rotatable bonds is 6. The molecular weight excluding hydrogens is 399 g/mol. The van der Waals surface area contributed by atoms with Crippen LogP contribution in [0, 0.1) is 6.92 Å². The molecule has 1 fully saturated rings. The van der Waals surface area contributed by atoms with Gasteiger partial charge in [0.25, 0.3) is 0 Å². The smallest absolute Gasteiger partial charge is 0.457 e. The summed E-state index contributed by atoms with van der Waals surface area (Å²) in [6, 6.07) is 10.1. The van der Waals surface area contributed by atoms with E-state index in [4.69, 9.17) is 18.3 Å². The van der Waals surface area contributed by atoms with Crippen LogP contribution in [0.2, 0.25) is 0 Å². The lowest BCUT2D eigenvalue weighted by atomic mass is 9.91. The Bertz CT molecular complexity index is 1010. The fraction of sp³-hybridized carbons (Fsp3) is 0.417. The number of hydrogen-bond acceptors (Lipinski definition) is 5. The number of benzene rings is 2. The Balaban J connectivity index is 1.81. The molecule has 0 spiro atoms. The fourth-order valence-electron chi connectivity index (χ4n) is 3.88. The van der Waals surface area contributed by atoms with Crippen LogP contribution in [0.15, 0.2) is 36.9 Å². The number of unbranched alkanes of at least 4 members (excludes halogenated alkanes) is 2. The molecule has 1 saturated heterocycles. The second kappa shape index (κ2) is 8.58. The van der Waals surface area contributed by atoms with Crippen LogP contribution in [0.3, 0.4) is 0 Å². The van der Waals surface area contributed by atoms with Gasteiger partial charge in [-0.25, -0.2) is 4.57 Å². The number of aryl methyl sites for hydroxylation is 2. The predicted molar refractivity (Wildman–Crippen MR) is 119 cm³/mol. The molecule has 2 aromatic rings. The van der Waals surface area contributed by atoms with Gasteiger partial charge in [-0.05, 0) is 50.8 Å². The molecule has 160 valence electrons. The first-order valence-corrected chi connectivity index (χ1v) is 12.1. The molecule has 30 heavy (non-hydrogen) atoms. The van der Waals surface area contributed by atoms with Crippen molar-refractivity contribution in [2.45, 2.75) is 59.0 Å². The van der Waals surface area contributed by atoms with E-state index < -0.39 is 7.82 Å². The van der Waals surface area contributed by atoms with Crippen molar-refractivity contribution in [3.05, 3.63) is 53.6 Å².